The minimum Gasteiger partial charge on any atom is -0.343 e. The van der Waals surface area contributed by atoms with Crippen molar-refractivity contribution in [2.75, 3.05) is 26.2 Å². The van der Waals surface area contributed by atoms with Crippen LogP contribution in [0.15, 0.2) is 33.7 Å². The van der Waals surface area contributed by atoms with Crippen molar-refractivity contribution in [3.05, 3.63) is 30.2 Å². The van der Waals surface area contributed by atoms with Gasteiger partial charge in [-0.25, -0.2) is 8.42 Å². The Morgan fingerprint density at radius 3 is 2.43 bits per heavy atom. The topological polar surface area (TPSA) is 96.6 Å². The molecule has 0 atom stereocenters. The number of carbonyl (C=O) groups is 1. The maximum atomic E-state index is 12.8. The first-order valence-electron chi connectivity index (χ1n) is 10.6. The minimum absolute atomic E-state index is 0.119. The van der Waals surface area contributed by atoms with Crippen molar-refractivity contribution in [1.29, 1.82) is 0 Å². The quantitative estimate of drug-likeness (QED) is 0.696. The number of amides is 1. The van der Waals surface area contributed by atoms with Gasteiger partial charge in [0.15, 0.2) is 0 Å². The number of nitrogens with zero attached hydrogens (tertiary/aromatic N) is 4. The van der Waals surface area contributed by atoms with Gasteiger partial charge in [-0.15, -0.1) is 0 Å². The van der Waals surface area contributed by atoms with Crippen LogP contribution in [0.25, 0.3) is 11.4 Å². The van der Waals surface area contributed by atoms with E-state index in [2.05, 4.69) is 17.1 Å². The van der Waals surface area contributed by atoms with E-state index in [1.807, 2.05) is 4.90 Å². The number of benzene rings is 1. The monoisotopic (exact) mass is 432 g/mol. The minimum atomic E-state index is -3.48. The molecule has 0 aliphatic carbocycles. The SMILES string of the molecule is CC1CCN(S(=O)(=O)c2ccc(-c3noc(CCC(=O)N4CCCC4)n3)cc2)CC1. The summed E-state index contributed by atoms with van der Waals surface area (Å²) in [6.45, 7) is 4.95. The molecule has 1 amide bonds. The maximum Gasteiger partial charge on any atom is 0.243 e. The molecule has 2 fully saturated rings. The molecule has 0 unspecified atom stereocenters. The lowest BCUT2D eigenvalue weighted by Crippen LogP contribution is -2.37. The largest absolute Gasteiger partial charge is 0.343 e. The smallest absolute Gasteiger partial charge is 0.243 e. The molecule has 8 nitrogen and oxygen atoms in total. The Labute approximate surface area is 177 Å². The fourth-order valence-corrected chi connectivity index (χ4v) is 5.43. The van der Waals surface area contributed by atoms with E-state index in [-0.39, 0.29) is 10.8 Å². The highest BCUT2D eigenvalue weighted by Crippen LogP contribution is 2.25. The van der Waals surface area contributed by atoms with Gasteiger partial charge in [-0.1, -0.05) is 12.1 Å². The first-order chi connectivity index (χ1) is 14.4. The zero-order chi connectivity index (χ0) is 21.1. The molecule has 2 aliphatic rings. The van der Waals surface area contributed by atoms with Gasteiger partial charge in [-0.3, -0.25) is 4.79 Å². The van der Waals surface area contributed by atoms with Crippen molar-refractivity contribution >= 4 is 15.9 Å². The fraction of sp³-hybridized carbons (Fsp3) is 0.571. The van der Waals surface area contributed by atoms with Crippen LogP contribution in [0.3, 0.4) is 0 Å². The zero-order valence-corrected chi connectivity index (χ0v) is 18.1. The van der Waals surface area contributed by atoms with Crippen molar-refractivity contribution in [3.8, 4) is 11.4 Å². The summed E-state index contributed by atoms with van der Waals surface area (Å²) in [5, 5.41) is 3.98. The third kappa shape index (κ3) is 4.57. The Balaban J connectivity index is 1.39. The lowest BCUT2D eigenvalue weighted by Gasteiger charge is -2.29. The summed E-state index contributed by atoms with van der Waals surface area (Å²) in [5.41, 5.74) is 0.682. The number of hydrogen-bond donors (Lipinski definition) is 0. The molecular formula is C21H28N4O4S. The molecule has 0 radical (unpaired) electrons. The molecule has 2 aromatic rings. The standard InChI is InChI=1S/C21H28N4O4S/c1-16-10-14-25(15-11-16)30(27,28)18-6-4-17(5-7-18)21-22-19(29-23-21)8-9-20(26)24-12-2-3-13-24/h4-7,16H,2-3,8-15H2,1H3. The lowest BCUT2D eigenvalue weighted by atomic mass is 10.0. The molecule has 0 saturated carbocycles. The van der Waals surface area contributed by atoms with Crippen LogP contribution in [-0.2, 0) is 21.2 Å². The van der Waals surface area contributed by atoms with E-state index in [9.17, 15) is 13.2 Å². The van der Waals surface area contributed by atoms with Crippen LogP contribution >= 0.6 is 0 Å². The number of carbonyl (C=O) groups excluding carboxylic acids is 1. The van der Waals surface area contributed by atoms with E-state index in [0.717, 1.165) is 38.8 Å². The van der Waals surface area contributed by atoms with Crippen LogP contribution in [-0.4, -0.2) is 59.8 Å². The summed E-state index contributed by atoms with van der Waals surface area (Å²) >= 11 is 0. The highest BCUT2D eigenvalue weighted by atomic mass is 32.2. The van der Waals surface area contributed by atoms with Crippen LogP contribution < -0.4 is 0 Å². The first-order valence-corrected chi connectivity index (χ1v) is 12.1. The maximum absolute atomic E-state index is 12.8. The summed E-state index contributed by atoms with van der Waals surface area (Å²) in [4.78, 5) is 18.7. The Morgan fingerprint density at radius 1 is 1.10 bits per heavy atom. The van der Waals surface area contributed by atoms with E-state index < -0.39 is 10.0 Å². The van der Waals surface area contributed by atoms with Crippen LogP contribution in [0.2, 0.25) is 0 Å². The first kappa shape index (κ1) is 21.0. The van der Waals surface area contributed by atoms with Crippen LogP contribution in [0.1, 0.15) is 44.9 Å². The third-order valence-electron chi connectivity index (χ3n) is 5.97. The van der Waals surface area contributed by atoms with Crippen molar-refractivity contribution < 1.29 is 17.7 Å². The summed E-state index contributed by atoms with van der Waals surface area (Å²) < 4.78 is 32.5. The molecule has 4 rings (SSSR count). The Hall–Kier alpha value is -2.26. The predicted octanol–water partition coefficient (Wildman–Crippen LogP) is 2.71. The highest BCUT2D eigenvalue weighted by Gasteiger charge is 2.28. The zero-order valence-electron chi connectivity index (χ0n) is 17.3. The molecule has 9 heteroatoms. The van der Waals surface area contributed by atoms with E-state index in [0.29, 0.717) is 49.1 Å². The molecule has 1 aromatic carbocycles. The Morgan fingerprint density at radius 2 is 1.77 bits per heavy atom. The van der Waals surface area contributed by atoms with Crippen molar-refractivity contribution in [1.82, 2.24) is 19.3 Å². The molecule has 2 aliphatic heterocycles. The molecule has 162 valence electrons. The van der Waals surface area contributed by atoms with Gasteiger partial charge >= 0.3 is 0 Å². The second-order valence-electron chi connectivity index (χ2n) is 8.21. The predicted molar refractivity (Wildman–Crippen MR) is 111 cm³/mol. The molecular weight excluding hydrogens is 404 g/mol. The number of sulfonamides is 1. The van der Waals surface area contributed by atoms with Gasteiger partial charge in [0.2, 0.25) is 27.6 Å². The van der Waals surface area contributed by atoms with Gasteiger partial charge in [-0.2, -0.15) is 9.29 Å². The van der Waals surface area contributed by atoms with Crippen molar-refractivity contribution in [2.45, 2.75) is 50.3 Å². The van der Waals surface area contributed by atoms with Gasteiger partial charge in [0.05, 0.1) is 4.90 Å². The Bertz CT molecular complexity index is 973. The molecule has 3 heterocycles. The van der Waals surface area contributed by atoms with E-state index in [4.69, 9.17) is 4.52 Å². The number of piperidine rings is 1. The van der Waals surface area contributed by atoms with Gasteiger partial charge in [0.1, 0.15) is 0 Å². The van der Waals surface area contributed by atoms with Crippen LogP contribution in [0.4, 0.5) is 0 Å². The third-order valence-corrected chi connectivity index (χ3v) is 7.89. The van der Waals surface area contributed by atoms with Crippen molar-refractivity contribution in [3.63, 3.8) is 0 Å². The second-order valence-corrected chi connectivity index (χ2v) is 10.1. The summed E-state index contributed by atoms with van der Waals surface area (Å²) in [5.74, 6) is 1.50. The second kappa shape index (κ2) is 8.85. The summed E-state index contributed by atoms with van der Waals surface area (Å²) in [6.07, 6.45) is 4.68. The Kier molecular flexibility index (Phi) is 6.19. The average Bonchev–Trinajstić information content (AvgIpc) is 3.45. The average molecular weight is 433 g/mol. The molecule has 0 N–H and O–H groups in total. The van der Waals surface area contributed by atoms with Gasteiger partial charge < -0.3 is 9.42 Å². The van der Waals surface area contributed by atoms with Crippen LogP contribution in [0, 0.1) is 5.92 Å². The number of aryl methyl sites for hydroxylation is 1. The van der Waals surface area contributed by atoms with Crippen molar-refractivity contribution in [2.24, 2.45) is 5.92 Å². The number of hydrogen-bond acceptors (Lipinski definition) is 6. The van der Waals surface area contributed by atoms with Gasteiger partial charge in [-0.05, 0) is 55.9 Å². The molecule has 0 bridgehead atoms. The summed E-state index contributed by atoms with van der Waals surface area (Å²) in [6, 6.07) is 6.58. The molecule has 1 aromatic heterocycles. The van der Waals surface area contributed by atoms with Gasteiger partial charge in [0, 0.05) is 44.6 Å². The molecule has 2 saturated heterocycles. The molecule has 0 spiro atoms. The fourth-order valence-electron chi connectivity index (χ4n) is 3.96. The lowest BCUT2D eigenvalue weighted by molar-refractivity contribution is -0.130. The van der Waals surface area contributed by atoms with Crippen LogP contribution in [0.5, 0.6) is 0 Å². The normalized spacial score (nSPS) is 18.8. The molecule has 30 heavy (non-hydrogen) atoms. The van der Waals surface area contributed by atoms with E-state index >= 15 is 0 Å². The van der Waals surface area contributed by atoms with E-state index in [1.165, 1.54) is 0 Å². The number of aromatic nitrogens is 2. The summed E-state index contributed by atoms with van der Waals surface area (Å²) in [7, 11) is -3.48. The van der Waals surface area contributed by atoms with E-state index in [1.54, 1.807) is 28.6 Å². The number of rotatable bonds is 6. The number of likely N-dealkylation sites (tertiary alicyclic amines) is 1. The highest BCUT2D eigenvalue weighted by molar-refractivity contribution is 7.89. The van der Waals surface area contributed by atoms with Gasteiger partial charge in [0.25, 0.3) is 0 Å².